The van der Waals surface area contributed by atoms with Crippen LogP contribution in [0.25, 0.3) is 22.2 Å². The van der Waals surface area contributed by atoms with Crippen LogP contribution in [0.3, 0.4) is 0 Å². The number of hydrogen-bond acceptors (Lipinski definition) is 5. The summed E-state index contributed by atoms with van der Waals surface area (Å²) in [6.07, 6.45) is 4.27. The van der Waals surface area contributed by atoms with E-state index in [0.717, 1.165) is 59.0 Å². The molecule has 5 nitrogen and oxygen atoms in total. The third-order valence-corrected chi connectivity index (χ3v) is 5.51. The summed E-state index contributed by atoms with van der Waals surface area (Å²) in [6, 6.07) is 9.82. The first kappa shape index (κ1) is 17.5. The number of hydrogen-bond donors (Lipinski definition) is 4. The maximum absolute atomic E-state index is 8.23. The zero-order valence-corrected chi connectivity index (χ0v) is 15.6. The predicted octanol–water partition coefficient (Wildman–Crippen LogP) is 3.79. The number of nitrogens with one attached hydrogen (secondary N) is 1. The molecule has 0 unspecified atom stereocenters. The first-order valence-corrected chi connectivity index (χ1v) is 9.39. The highest BCUT2D eigenvalue weighted by Gasteiger charge is 2.22. The Morgan fingerprint density at radius 3 is 2.44 bits per heavy atom. The molecule has 0 bridgehead atoms. The van der Waals surface area contributed by atoms with Gasteiger partial charge in [-0.25, -0.2) is 4.98 Å². The summed E-state index contributed by atoms with van der Waals surface area (Å²) < 4.78 is 0. The number of fused-ring (bicyclic) bond motifs is 3. The lowest BCUT2D eigenvalue weighted by molar-refractivity contribution is 0.689. The Kier molecular flexibility index (Phi) is 4.32. The Labute approximate surface area is 159 Å². The lowest BCUT2D eigenvalue weighted by Crippen LogP contribution is -2.11. The molecule has 138 valence electrons. The molecule has 1 heterocycles. The van der Waals surface area contributed by atoms with E-state index in [1.54, 1.807) is 6.92 Å². The zero-order valence-electron chi connectivity index (χ0n) is 15.6. The Bertz CT molecular complexity index is 1070. The van der Waals surface area contributed by atoms with Crippen LogP contribution in [0.4, 0.5) is 11.4 Å². The van der Waals surface area contributed by atoms with E-state index in [2.05, 4.69) is 6.07 Å². The molecule has 0 atom stereocenters. The summed E-state index contributed by atoms with van der Waals surface area (Å²) in [4.78, 5) is 5.01. The van der Waals surface area contributed by atoms with Gasteiger partial charge in [-0.2, -0.15) is 0 Å². The molecule has 27 heavy (non-hydrogen) atoms. The second-order valence-electron chi connectivity index (χ2n) is 7.29. The van der Waals surface area contributed by atoms with E-state index < -0.39 is 0 Å². The van der Waals surface area contributed by atoms with Gasteiger partial charge in [0, 0.05) is 40.1 Å². The molecular formula is C22H25N5. The van der Waals surface area contributed by atoms with Crippen LogP contribution in [-0.2, 0) is 19.4 Å². The standard InChI is InChI=1S/C22H25N5/c1-12(24)20-18(26)8-9-19-21(20)15-4-2-3-5-16(15)22(27-19)13-6-7-17(25)14(10-13)11-23/h6-10,24H,2-5,11,23,25-26H2,1H3. The van der Waals surface area contributed by atoms with Gasteiger partial charge in [0.2, 0.25) is 0 Å². The van der Waals surface area contributed by atoms with Crippen molar-refractivity contribution in [1.82, 2.24) is 4.98 Å². The zero-order chi connectivity index (χ0) is 19.1. The third-order valence-electron chi connectivity index (χ3n) is 5.51. The van der Waals surface area contributed by atoms with E-state index in [9.17, 15) is 0 Å². The van der Waals surface area contributed by atoms with Crippen LogP contribution < -0.4 is 17.2 Å². The summed E-state index contributed by atoms with van der Waals surface area (Å²) >= 11 is 0. The van der Waals surface area contributed by atoms with Crippen LogP contribution in [0.5, 0.6) is 0 Å². The van der Waals surface area contributed by atoms with Crippen LogP contribution in [0.1, 0.15) is 42.0 Å². The maximum Gasteiger partial charge on any atom is 0.0744 e. The molecule has 1 aromatic heterocycles. The van der Waals surface area contributed by atoms with Crippen molar-refractivity contribution < 1.29 is 0 Å². The first-order valence-electron chi connectivity index (χ1n) is 9.39. The number of aryl methyl sites for hydroxylation is 1. The summed E-state index contributed by atoms with van der Waals surface area (Å²) in [5.41, 5.74) is 27.2. The van der Waals surface area contributed by atoms with Gasteiger partial charge in [0.05, 0.1) is 11.2 Å². The fourth-order valence-corrected chi connectivity index (χ4v) is 4.21. The van der Waals surface area contributed by atoms with Crippen molar-refractivity contribution in [2.24, 2.45) is 5.73 Å². The smallest absolute Gasteiger partial charge is 0.0744 e. The second kappa shape index (κ2) is 6.67. The Balaban J connectivity index is 2.07. The third kappa shape index (κ3) is 2.84. The van der Waals surface area contributed by atoms with Crippen molar-refractivity contribution in [3.05, 3.63) is 52.6 Å². The van der Waals surface area contributed by atoms with Gasteiger partial charge >= 0.3 is 0 Å². The Morgan fingerprint density at radius 2 is 1.74 bits per heavy atom. The number of benzene rings is 2. The van der Waals surface area contributed by atoms with Crippen molar-refractivity contribution in [2.75, 3.05) is 11.5 Å². The molecule has 1 aliphatic rings. The topological polar surface area (TPSA) is 115 Å². The van der Waals surface area contributed by atoms with Crippen LogP contribution in [0, 0.1) is 5.41 Å². The molecule has 7 N–H and O–H groups in total. The molecule has 0 spiro atoms. The van der Waals surface area contributed by atoms with E-state index in [1.165, 1.54) is 11.1 Å². The molecule has 0 radical (unpaired) electrons. The molecule has 0 amide bonds. The fourth-order valence-electron chi connectivity index (χ4n) is 4.21. The molecule has 0 aliphatic heterocycles. The molecule has 4 rings (SSSR count). The van der Waals surface area contributed by atoms with Crippen molar-refractivity contribution >= 4 is 28.0 Å². The Morgan fingerprint density at radius 1 is 1.04 bits per heavy atom. The van der Waals surface area contributed by atoms with Crippen molar-refractivity contribution in [2.45, 2.75) is 39.2 Å². The maximum atomic E-state index is 8.23. The number of nitrogen functional groups attached to an aromatic ring is 2. The van der Waals surface area contributed by atoms with Gasteiger partial charge in [-0.15, -0.1) is 0 Å². The predicted molar refractivity (Wildman–Crippen MR) is 113 cm³/mol. The molecule has 2 aromatic carbocycles. The molecule has 5 heteroatoms. The summed E-state index contributed by atoms with van der Waals surface area (Å²) in [6.45, 7) is 2.20. The highest BCUT2D eigenvalue weighted by molar-refractivity contribution is 6.13. The van der Waals surface area contributed by atoms with Crippen LogP contribution >= 0.6 is 0 Å². The van der Waals surface area contributed by atoms with Crippen molar-refractivity contribution in [3.8, 4) is 11.3 Å². The number of rotatable bonds is 3. The average Bonchev–Trinajstić information content (AvgIpc) is 2.67. The van der Waals surface area contributed by atoms with Crippen LogP contribution in [0.15, 0.2) is 30.3 Å². The largest absolute Gasteiger partial charge is 0.398 e. The lowest BCUT2D eigenvalue weighted by Gasteiger charge is -2.23. The van der Waals surface area contributed by atoms with Crippen molar-refractivity contribution in [3.63, 3.8) is 0 Å². The van der Waals surface area contributed by atoms with E-state index in [-0.39, 0.29) is 0 Å². The number of nitrogens with two attached hydrogens (primary N) is 3. The van der Waals surface area contributed by atoms with E-state index >= 15 is 0 Å². The fraction of sp³-hybridized carbons (Fsp3) is 0.273. The van der Waals surface area contributed by atoms with Gasteiger partial charge < -0.3 is 22.6 Å². The average molecular weight is 359 g/mol. The summed E-state index contributed by atoms with van der Waals surface area (Å²) in [5, 5.41) is 9.29. The van der Waals surface area contributed by atoms with Gasteiger partial charge in [-0.1, -0.05) is 6.07 Å². The van der Waals surface area contributed by atoms with E-state index in [1.807, 2.05) is 24.3 Å². The Hall–Kier alpha value is -2.92. The van der Waals surface area contributed by atoms with Gasteiger partial charge in [0.25, 0.3) is 0 Å². The van der Waals surface area contributed by atoms with Crippen molar-refractivity contribution in [1.29, 1.82) is 5.41 Å². The van der Waals surface area contributed by atoms with Gasteiger partial charge in [0.1, 0.15) is 0 Å². The van der Waals surface area contributed by atoms with Gasteiger partial charge in [-0.05, 0) is 73.6 Å². The monoisotopic (exact) mass is 359 g/mol. The summed E-state index contributed by atoms with van der Waals surface area (Å²) in [5.74, 6) is 0. The van der Waals surface area contributed by atoms with E-state index in [0.29, 0.717) is 23.6 Å². The highest BCUT2D eigenvalue weighted by Crippen LogP contribution is 2.38. The molecule has 3 aromatic rings. The number of nitrogens with zero attached hydrogens (tertiary/aromatic N) is 1. The lowest BCUT2D eigenvalue weighted by atomic mass is 9.84. The molecule has 0 saturated heterocycles. The normalized spacial score (nSPS) is 13.6. The number of pyridine rings is 1. The minimum absolute atomic E-state index is 0.406. The first-order chi connectivity index (χ1) is 13.0. The molecule has 0 fully saturated rings. The molecule has 0 saturated carbocycles. The van der Waals surface area contributed by atoms with Crippen LogP contribution in [0.2, 0.25) is 0 Å². The highest BCUT2D eigenvalue weighted by atomic mass is 14.7. The van der Waals surface area contributed by atoms with E-state index in [4.69, 9.17) is 27.6 Å². The quantitative estimate of drug-likeness (QED) is 0.420. The number of aromatic nitrogens is 1. The number of anilines is 2. The van der Waals surface area contributed by atoms with Gasteiger partial charge in [-0.3, -0.25) is 0 Å². The van der Waals surface area contributed by atoms with Gasteiger partial charge in [0.15, 0.2) is 0 Å². The van der Waals surface area contributed by atoms with Crippen LogP contribution in [-0.4, -0.2) is 10.7 Å². The second-order valence-corrected chi connectivity index (χ2v) is 7.29. The minimum Gasteiger partial charge on any atom is -0.398 e. The summed E-state index contributed by atoms with van der Waals surface area (Å²) in [7, 11) is 0. The minimum atomic E-state index is 0.406. The SMILES string of the molecule is CC(=N)c1c(N)ccc2nc(-c3ccc(N)c(CN)c3)c3c(c12)CCCC3. The molecule has 1 aliphatic carbocycles. The molecular weight excluding hydrogens is 334 g/mol.